The number of hydrogen-bond donors (Lipinski definition) is 2. The molecule has 0 bridgehead atoms. The van der Waals surface area contributed by atoms with Gasteiger partial charge in [0.15, 0.2) is 0 Å². The molecule has 1 atom stereocenters. The molecule has 0 aliphatic carbocycles. The van der Waals surface area contributed by atoms with Crippen LogP contribution >= 0.6 is 0 Å². The molecule has 0 amide bonds. The van der Waals surface area contributed by atoms with Crippen LogP contribution in [0.4, 0.5) is 0 Å². The van der Waals surface area contributed by atoms with E-state index >= 15 is 0 Å². The lowest BCUT2D eigenvalue weighted by molar-refractivity contribution is 0.550. The molecule has 0 heterocycles. The van der Waals surface area contributed by atoms with E-state index in [4.69, 9.17) is 5.73 Å². The highest BCUT2D eigenvalue weighted by atomic mass is 14.8. The van der Waals surface area contributed by atoms with Gasteiger partial charge in [0.25, 0.3) is 0 Å². The monoisotopic (exact) mass is 310 g/mol. The van der Waals surface area contributed by atoms with Crippen LogP contribution in [0, 0.1) is 0 Å². The summed E-state index contributed by atoms with van der Waals surface area (Å²) in [7, 11) is 0. The van der Waals surface area contributed by atoms with Gasteiger partial charge < -0.3 is 11.1 Å². The van der Waals surface area contributed by atoms with Gasteiger partial charge in [-0.15, -0.1) is 0 Å². The van der Waals surface area contributed by atoms with Gasteiger partial charge in [-0.25, -0.2) is 0 Å². The molecule has 0 aromatic heterocycles. The van der Waals surface area contributed by atoms with Gasteiger partial charge in [-0.1, -0.05) is 90.2 Å². The summed E-state index contributed by atoms with van der Waals surface area (Å²) in [5, 5.41) is 3.31. The Bertz CT molecular complexity index is 226. The second kappa shape index (κ2) is 18.7. The van der Waals surface area contributed by atoms with Crippen molar-refractivity contribution in [3.05, 3.63) is 12.2 Å². The Labute approximate surface area is 140 Å². The van der Waals surface area contributed by atoms with E-state index < -0.39 is 0 Å². The second-order valence-electron chi connectivity index (χ2n) is 6.56. The van der Waals surface area contributed by atoms with Crippen LogP contribution in [0.3, 0.4) is 0 Å². The van der Waals surface area contributed by atoms with Gasteiger partial charge in [0, 0.05) is 6.04 Å². The van der Waals surface area contributed by atoms with Crippen molar-refractivity contribution in [2.45, 2.75) is 103 Å². The standard InChI is InChI=1S/C20H42N2/c1-3-5-6-7-8-9-10-11-12-13-14-15-16-17-20(21)18-19-22-4-2/h16-17,20,22H,3-15,18-19,21H2,1-2H3/b17-16+/t20-/m1/s1. The van der Waals surface area contributed by atoms with Crippen molar-refractivity contribution >= 4 is 0 Å². The third-order valence-corrected chi connectivity index (χ3v) is 4.26. The molecule has 0 saturated heterocycles. The number of allylic oxidation sites excluding steroid dienone is 1. The van der Waals surface area contributed by atoms with Gasteiger partial charge in [0.1, 0.15) is 0 Å². The summed E-state index contributed by atoms with van der Waals surface area (Å²) < 4.78 is 0. The molecule has 0 unspecified atom stereocenters. The average molecular weight is 311 g/mol. The molecule has 3 N–H and O–H groups in total. The second-order valence-corrected chi connectivity index (χ2v) is 6.56. The maximum atomic E-state index is 6.03. The van der Waals surface area contributed by atoms with Crippen LogP contribution in [0.5, 0.6) is 0 Å². The van der Waals surface area contributed by atoms with Crippen molar-refractivity contribution < 1.29 is 0 Å². The molecule has 0 rings (SSSR count). The Hall–Kier alpha value is -0.340. The summed E-state index contributed by atoms with van der Waals surface area (Å²) in [5.41, 5.74) is 6.03. The Morgan fingerprint density at radius 1 is 0.818 bits per heavy atom. The summed E-state index contributed by atoms with van der Waals surface area (Å²) in [6.07, 6.45) is 22.3. The van der Waals surface area contributed by atoms with Crippen molar-refractivity contribution in [2.75, 3.05) is 13.1 Å². The van der Waals surface area contributed by atoms with Gasteiger partial charge in [-0.3, -0.25) is 0 Å². The van der Waals surface area contributed by atoms with Crippen LogP contribution in [-0.2, 0) is 0 Å². The van der Waals surface area contributed by atoms with Crippen molar-refractivity contribution in [1.82, 2.24) is 5.32 Å². The molecule has 0 aliphatic rings. The molecule has 0 fully saturated rings. The SMILES string of the molecule is CCCCCCCCCCCCC/C=C/[C@@H](N)CCNCC. The predicted octanol–water partition coefficient (Wildman–Crippen LogP) is 5.57. The molecule has 0 spiro atoms. The van der Waals surface area contributed by atoms with Crippen LogP contribution in [0.2, 0.25) is 0 Å². The highest BCUT2D eigenvalue weighted by molar-refractivity contribution is 4.91. The molecule has 0 aromatic rings. The van der Waals surface area contributed by atoms with Gasteiger partial charge >= 0.3 is 0 Å². The molecular weight excluding hydrogens is 268 g/mol. The maximum Gasteiger partial charge on any atom is 0.0235 e. The van der Waals surface area contributed by atoms with Gasteiger partial charge in [0.2, 0.25) is 0 Å². The largest absolute Gasteiger partial charge is 0.324 e. The molecular formula is C20H42N2. The molecule has 132 valence electrons. The Morgan fingerprint density at radius 2 is 1.36 bits per heavy atom. The first-order valence-electron chi connectivity index (χ1n) is 9.94. The van der Waals surface area contributed by atoms with E-state index in [1.54, 1.807) is 0 Å². The first-order chi connectivity index (χ1) is 10.8. The third kappa shape index (κ3) is 17.7. The number of hydrogen-bond acceptors (Lipinski definition) is 2. The van der Waals surface area contributed by atoms with E-state index in [0.717, 1.165) is 19.5 Å². The Kier molecular flexibility index (Phi) is 18.4. The van der Waals surface area contributed by atoms with Crippen molar-refractivity contribution in [2.24, 2.45) is 5.73 Å². The fourth-order valence-electron chi connectivity index (χ4n) is 2.74. The van der Waals surface area contributed by atoms with Crippen LogP contribution in [0.15, 0.2) is 12.2 Å². The lowest BCUT2D eigenvalue weighted by Gasteiger charge is -2.06. The topological polar surface area (TPSA) is 38.0 Å². The highest BCUT2D eigenvalue weighted by Gasteiger charge is 1.96. The normalized spacial score (nSPS) is 13.0. The van der Waals surface area contributed by atoms with Crippen LogP contribution in [0.25, 0.3) is 0 Å². The van der Waals surface area contributed by atoms with Crippen molar-refractivity contribution in [1.29, 1.82) is 0 Å². The smallest absolute Gasteiger partial charge is 0.0235 e. The summed E-state index contributed by atoms with van der Waals surface area (Å²) in [5.74, 6) is 0. The van der Waals surface area contributed by atoms with E-state index in [1.807, 2.05) is 0 Å². The average Bonchev–Trinajstić information content (AvgIpc) is 2.52. The lowest BCUT2D eigenvalue weighted by atomic mass is 10.0. The van der Waals surface area contributed by atoms with Crippen molar-refractivity contribution in [3.8, 4) is 0 Å². The molecule has 2 heteroatoms. The van der Waals surface area contributed by atoms with Crippen LogP contribution in [0.1, 0.15) is 97.3 Å². The minimum Gasteiger partial charge on any atom is -0.324 e. The lowest BCUT2D eigenvalue weighted by Crippen LogP contribution is -2.24. The molecule has 22 heavy (non-hydrogen) atoms. The first kappa shape index (κ1) is 21.7. The van der Waals surface area contributed by atoms with Crippen LogP contribution in [-0.4, -0.2) is 19.1 Å². The first-order valence-corrected chi connectivity index (χ1v) is 9.94. The summed E-state index contributed by atoms with van der Waals surface area (Å²) >= 11 is 0. The molecule has 0 radical (unpaired) electrons. The number of unbranched alkanes of at least 4 members (excludes halogenated alkanes) is 11. The van der Waals surface area contributed by atoms with E-state index in [-0.39, 0.29) is 6.04 Å². The zero-order valence-electron chi connectivity index (χ0n) is 15.4. The minimum atomic E-state index is 0.228. The highest BCUT2D eigenvalue weighted by Crippen LogP contribution is 2.12. The molecule has 2 nitrogen and oxygen atoms in total. The molecule has 0 saturated carbocycles. The van der Waals surface area contributed by atoms with Crippen LogP contribution < -0.4 is 11.1 Å². The van der Waals surface area contributed by atoms with Gasteiger partial charge in [-0.05, 0) is 32.4 Å². The summed E-state index contributed by atoms with van der Waals surface area (Å²) in [6.45, 7) is 6.48. The fraction of sp³-hybridized carbons (Fsp3) is 0.900. The zero-order valence-corrected chi connectivity index (χ0v) is 15.4. The minimum absolute atomic E-state index is 0.228. The summed E-state index contributed by atoms with van der Waals surface area (Å²) in [4.78, 5) is 0. The number of rotatable bonds is 17. The molecule has 0 aromatic carbocycles. The molecule has 0 aliphatic heterocycles. The fourth-order valence-corrected chi connectivity index (χ4v) is 2.74. The quantitative estimate of drug-likeness (QED) is 0.272. The van der Waals surface area contributed by atoms with Crippen molar-refractivity contribution in [3.63, 3.8) is 0 Å². The Balaban J connectivity index is 3.16. The number of nitrogens with one attached hydrogen (secondary N) is 1. The van der Waals surface area contributed by atoms with Gasteiger partial charge in [0.05, 0.1) is 0 Å². The Morgan fingerprint density at radius 3 is 1.91 bits per heavy atom. The van der Waals surface area contributed by atoms with Gasteiger partial charge in [-0.2, -0.15) is 0 Å². The van der Waals surface area contributed by atoms with E-state index in [1.165, 1.54) is 77.0 Å². The summed E-state index contributed by atoms with van der Waals surface area (Å²) in [6, 6.07) is 0.228. The zero-order chi connectivity index (χ0) is 16.3. The predicted molar refractivity (Wildman–Crippen MR) is 101 cm³/mol. The van der Waals surface area contributed by atoms with E-state index in [9.17, 15) is 0 Å². The van der Waals surface area contributed by atoms with E-state index in [2.05, 4.69) is 31.3 Å². The number of nitrogens with two attached hydrogens (primary N) is 1. The maximum absolute atomic E-state index is 6.03. The third-order valence-electron chi connectivity index (χ3n) is 4.26. The van der Waals surface area contributed by atoms with E-state index in [0.29, 0.717) is 0 Å².